The third-order valence-electron chi connectivity index (χ3n) is 6.10. The maximum absolute atomic E-state index is 12.7. The Hall–Kier alpha value is -4.13. The van der Waals surface area contributed by atoms with E-state index in [0.717, 1.165) is 22.3 Å². The molecular weight excluding hydrogens is 432 g/mol. The van der Waals surface area contributed by atoms with Crippen molar-refractivity contribution in [1.29, 1.82) is 0 Å². The zero-order chi connectivity index (χ0) is 24.2. The van der Waals surface area contributed by atoms with Crippen molar-refractivity contribution in [3.63, 3.8) is 0 Å². The number of rotatable bonds is 7. The zero-order valence-electron chi connectivity index (χ0n) is 19.0. The van der Waals surface area contributed by atoms with Gasteiger partial charge in [0.05, 0.1) is 5.56 Å². The Balaban J connectivity index is 1.39. The molecule has 1 aliphatic carbocycles. The van der Waals surface area contributed by atoms with Gasteiger partial charge in [-0.25, -0.2) is 9.59 Å². The number of anilines is 1. The number of aryl methyl sites for hydroxylation is 1. The van der Waals surface area contributed by atoms with Crippen LogP contribution in [0.15, 0.2) is 66.7 Å². The molecule has 0 aromatic heterocycles. The standard InChI is InChI=1S/C27H26N2O5/c1-3-24(25(30)28-17-13-12-16(2)22(14-17)26(31)32)29-27(33)34-15-23-20-10-6-4-8-18(20)19-9-5-7-11-21(19)23/h4-14,23-24H,3,15H2,1-2H3,(H,28,30)(H,29,33)(H,31,32)/t24-/m1/s1. The van der Waals surface area contributed by atoms with E-state index in [1.807, 2.05) is 36.4 Å². The number of alkyl carbamates (subject to hydrolysis) is 1. The maximum atomic E-state index is 12.7. The summed E-state index contributed by atoms with van der Waals surface area (Å²) in [5.41, 5.74) is 5.53. The first-order chi connectivity index (χ1) is 16.4. The lowest BCUT2D eigenvalue weighted by Gasteiger charge is -2.19. The Morgan fingerprint density at radius 2 is 1.59 bits per heavy atom. The van der Waals surface area contributed by atoms with Crippen LogP contribution in [0.4, 0.5) is 10.5 Å². The summed E-state index contributed by atoms with van der Waals surface area (Å²) >= 11 is 0. The lowest BCUT2D eigenvalue weighted by molar-refractivity contribution is -0.118. The summed E-state index contributed by atoms with van der Waals surface area (Å²) < 4.78 is 5.53. The molecule has 7 nitrogen and oxygen atoms in total. The van der Waals surface area contributed by atoms with Gasteiger partial charge in [-0.1, -0.05) is 61.5 Å². The molecule has 0 bridgehead atoms. The number of hydrogen-bond acceptors (Lipinski definition) is 4. The minimum atomic E-state index is -1.07. The van der Waals surface area contributed by atoms with Gasteiger partial charge in [0.25, 0.3) is 0 Å². The van der Waals surface area contributed by atoms with Gasteiger partial charge in [0.1, 0.15) is 12.6 Å². The molecular formula is C27H26N2O5. The molecule has 0 radical (unpaired) electrons. The number of aromatic carboxylic acids is 1. The van der Waals surface area contributed by atoms with E-state index < -0.39 is 24.0 Å². The highest BCUT2D eigenvalue weighted by molar-refractivity contribution is 5.98. The first-order valence-electron chi connectivity index (χ1n) is 11.1. The van der Waals surface area contributed by atoms with Gasteiger partial charge >= 0.3 is 12.1 Å². The molecule has 3 aromatic rings. The molecule has 3 N–H and O–H groups in total. The molecule has 0 unspecified atom stereocenters. The number of carboxylic acids is 1. The van der Waals surface area contributed by atoms with Crippen molar-refractivity contribution in [2.75, 3.05) is 11.9 Å². The van der Waals surface area contributed by atoms with Crippen molar-refractivity contribution >= 4 is 23.7 Å². The van der Waals surface area contributed by atoms with Crippen molar-refractivity contribution in [2.45, 2.75) is 32.2 Å². The Kier molecular flexibility index (Phi) is 6.63. The molecule has 0 saturated heterocycles. The number of carbonyl (C=O) groups is 3. The van der Waals surface area contributed by atoms with Crippen molar-refractivity contribution in [3.05, 3.63) is 89.0 Å². The van der Waals surface area contributed by atoms with Crippen LogP contribution in [0.5, 0.6) is 0 Å². The van der Waals surface area contributed by atoms with Crippen molar-refractivity contribution in [1.82, 2.24) is 5.32 Å². The van der Waals surface area contributed by atoms with E-state index in [1.54, 1.807) is 26.0 Å². The molecule has 1 atom stereocenters. The van der Waals surface area contributed by atoms with E-state index in [-0.39, 0.29) is 18.1 Å². The lowest BCUT2D eigenvalue weighted by atomic mass is 9.98. The average molecular weight is 459 g/mol. The quantitative estimate of drug-likeness (QED) is 0.465. The molecule has 0 fully saturated rings. The van der Waals surface area contributed by atoms with Crippen LogP contribution in [0.1, 0.15) is 46.3 Å². The molecule has 34 heavy (non-hydrogen) atoms. The second-order valence-electron chi connectivity index (χ2n) is 8.25. The van der Waals surface area contributed by atoms with Gasteiger partial charge in [0.15, 0.2) is 0 Å². The molecule has 7 heteroatoms. The fraction of sp³-hybridized carbons (Fsp3) is 0.222. The van der Waals surface area contributed by atoms with Gasteiger partial charge in [-0.2, -0.15) is 0 Å². The first kappa shape index (κ1) is 23.0. The van der Waals surface area contributed by atoms with Crippen LogP contribution >= 0.6 is 0 Å². The highest BCUT2D eigenvalue weighted by Crippen LogP contribution is 2.44. The van der Waals surface area contributed by atoms with Crippen LogP contribution in [0.25, 0.3) is 11.1 Å². The number of carbonyl (C=O) groups excluding carboxylic acids is 2. The second-order valence-corrected chi connectivity index (χ2v) is 8.25. The van der Waals surface area contributed by atoms with Crippen LogP contribution in [-0.4, -0.2) is 35.7 Å². The Morgan fingerprint density at radius 3 is 2.18 bits per heavy atom. The van der Waals surface area contributed by atoms with E-state index in [4.69, 9.17) is 4.74 Å². The van der Waals surface area contributed by atoms with Crippen LogP contribution < -0.4 is 10.6 Å². The molecule has 0 heterocycles. The third-order valence-corrected chi connectivity index (χ3v) is 6.10. The number of carboxylic acid groups (broad SMARTS) is 1. The van der Waals surface area contributed by atoms with Gasteiger partial charge in [-0.15, -0.1) is 0 Å². The molecule has 0 aliphatic heterocycles. The maximum Gasteiger partial charge on any atom is 0.407 e. The highest BCUT2D eigenvalue weighted by Gasteiger charge is 2.29. The first-order valence-corrected chi connectivity index (χ1v) is 11.1. The van der Waals surface area contributed by atoms with Gasteiger partial charge in [-0.3, -0.25) is 4.79 Å². The summed E-state index contributed by atoms with van der Waals surface area (Å²) in [7, 11) is 0. The van der Waals surface area contributed by atoms with E-state index in [2.05, 4.69) is 22.8 Å². The molecule has 1 aliphatic rings. The van der Waals surface area contributed by atoms with Crippen molar-refractivity contribution in [3.8, 4) is 11.1 Å². The van der Waals surface area contributed by atoms with Crippen LogP contribution in [0.2, 0.25) is 0 Å². The normalized spacial score (nSPS) is 12.9. The smallest absolute Gasteiger partial charge is 0.407 e. The predicted molar refractivity (Wildman–Crippen MR) is 129 cm³/mol. The van der Waals surface area contributed by atoms with Crippen LogP contribution in [0.3, 0.4) is 0 Å². The van der Waals surface area contributed by atoms with E-state index >= 15 is 0 Å². The third kappa shape index (κ3) is 4.64. The molecule has 2 amide bonds. The number of hydrogen-bond donors (Lipinski definition) is 3. The monoisotopic (exact) mass is 458 g/mol. The number of benzene rings is 3. The second kappa shape index (κ2) is 9.79. The summed E-state index contributed by atoms with van der Waals surface area (Å²) in [5.74, 6) is -1.59. The van der Waals surface area contributed by atoms with Crippen LogP contribution in [0, 0.1) is 6.92 Å². The minimum Gasteiger partial charge on any atom is -0.478 e. The minimum absolute atomic E-state index is 0.0750. The van der Waals surface area contributed by atoms with E-state index in [0.29, 0.717) is 17.7 Å². The molecule has 0 spiro atoms. The zero-order valence-corrected chi connectivity index (χ0v) is 19.0. The summed E-state index contributed by atoms with van der Waals surface area (Å²) in [6, 6.07) is 19.9. The van der Waals surface area contributed by atoms with E-state index in [1.165, 1.54) is 6.07 Å². The fourth-order valence-corrected chi connectivity index (χ4v) is 4.29. The molecule has 174 valence electrons. The largest absolute Gasteiger partial charge is 0.478 e. The highest BCUT2D eigenvalue weighted by atomic mass is 16.5. The Morgan fingerprint density at radius 1 is 0.971 bits per heavy atom. The van der Waals surface area contributed by atoms with Crippen molar-refractivity contribution < 1.29 is 24.2 Å². The SMILES string of the molecule is CC[C@@H](NC(=O)OCC1c2ccccc2-c2ccccc21)C(=O)Nc1ccc(C)c(C(=O)O)c1. The average Bonchev–Trinajstić information content (AvgIpc) is 3.16. The number of fused-ring (bicyclic) bond motifs is 3. The molecule has 3 aromatic carbocycles. The molecule has 4 rings (SSSR count). The Bertz CT molecular complexity index is 1210. The summed E-state index contributed by atoms with van der Waals surface area (Å²) in [4.78, 5) is 36.6. The van der Waals surface area contributed by atoms with Gasteiger partial charge in [0, 0.05) is 11.6 Å². The van der Waals surface area contributed by atoms with Crippen LogP contribution in [-0.2, 0) is 9.53 Å². The fourth-order valence-electron chi connectivity index (χ4n) is 4.29. The predicted octanol–water partition coefficient (Wildman–Crippen LogP) is 4.95. The Labute approximate surface area is 197 Å². The van der Waals surface area contributed by atoms with Gasteiger partial charge < -0.3 is 20.5 Å². The topological polar surface area (TPSA) is 105 Å². The number of amides is 2. The summed E-state index contributed by atoms with van der Waals surface area (Å²) in [6.07, 6.45) is -0.341. The molecule has 0 saturated carbocycles. The van der Waals surface area contributed by atoms with E-state index in [9.17, 15) is 19.5 Å². The number of nitrogens with one attached hydrogen (secondary N) is 2. The van der Waals surface area contributed by atoms with Gasteiger partial charge in [0.2, 0.25) is 5.91 Å². The lowest BCUT2D eigenvalue weighted by Crippen LogP contribution is -2.43. The number of ether oxygens (including phenoxy) is 1. The van der Waals surface area contributed by atoms with Gasteiger partial charge in [-0.05, 0) is 53.3 Å². The summed E-state index contributed by atoms with van der Waals surface area (Å²) in [6.45, 7) is 3.60. The van der Waals surface area contributed by atoms with Crippen molar-refractivity contribution in [2.24, 2.45) is 0 Å². The summed E-state index contributed by atoms with van der Waals surface area (Å²) in [5, 5.41) is 14.6.